The van der Waals surface area contributed by atoms with Crippen LogP contribution in [-0.4, -0.2) is 45.3 Å². The summed E-state index contributed by atoms with van der Waals surface area (Å²) in [5.41, 5.74) is 0.398. The van der Waals surface area contributed by atoms with Gasteiger partial charge in [-0.1, -0.05) is 80.3 Å². The molecule has 5 unspecified atom stereocenters. The first-order valence-electron chi connectivity index (χ1n) is 11.7. The molecular weight excluding hydrogens is 409 g/mol. The lowest BCUT2D eigenvalue weighted by Crippen LogP contribution is -2.57. The van der Waals surface area contributed by atoms with Gasteiger partial charge in [0.1, 0.15) is 0 Å². The molecule has 0 heterocycles. The highest BCUT2D eigenvalue weighted by atomic mass is 28.4. The van der Waals surface area contributed by atoms with Crippen LogP contribution in [0.5, 0.6) is 0 Å². The van der Waals surface area contributed by atoms with Crippen molar-refractivity contribution in [3.63, 3.8) is 0 Å². The number of hydrogen-bond acceptors (Lipinski definition) is 2. The van der Waals surface area contributed by atoms with Gasteiger partial charge in [0.25, 0.3) is 0 Å². The smallest absolute Gasteiger partial charge is 0.194 e. The van der Waals surface area contributed by atoms with Gasteiger partial charge < -0.3 is 8.85 Å². The third-order valence-electron chi connectivity index (χ3n) is 8.60. The maximum Gasteiger partial charge on any atom is 0.194 e. The molecule has 0 aromatic carbocycles. The minimum absolute atomic E-state index is 0.144. The SMILES string of the molecule is CCC(O[SiH](C)C(C)(CC)[Si](C)(C)C)C(C)(CC)[Si](C)(C)OC(C)[Si](C)(C)C. The van der Waals surface area contributed by atoms with E-state index < -0.39 is 33.5 Å². The van der Waals surface area contributed by atoms with Crippen molar-refractivity contribution < 1.29 is 8.85 Å². The van der Waals surface area contributed by atoms with Gasteiger partial charge in [-0.2, -0.15) is 0 Å². The molecule has 2 nitrogen and oxygen atoms in total. The van der Waals surface area contributed by atoms with Crippen LogP contribution in [0.1, 0.15) is 60.8 Å². The van der Waals surface area contributed by atoms with Gasteiger partial charge in [0.05, 0.1) is 8.07 Å². The Morgan fingerprint density at radius 1 is 0.857 bits per heavy atom. The molecule has 0 bridgehead atoms. The summed E-state index contributed by atoms with van der Waals surface area (Å²) in [6, 6.07) is 0. The van der Waals surface area contributed by atoms with Gasteiger partial charge >= 0.3 is 0 Å². The monoisotopic (exact) mass is 462 g/mol. The molecule has 0 aromatic heterocycles. The fourth-order valence-electron chi connectivity index (χ4n) is 4.32. The minimum Gasteiger partial charge on any atom is -0.417 e. The van der Waals surface area contributed by atoms with Crippen molar-refractivity contribution >= 4 is 33.5 Å². The molecule has 0 spiro atoms. The third-order valence-corrected chi connectivity index (χ3v) is 26.3. The Morgan fingerprint density at radius 3 is 1.61 bits per heavy atom. The Hall–Kier alpha value is 0.788. The number of hydrogen-bond donors (Lipinski definition) is 0. The molecule has 0 aliphatic rings. The lowest BCUT2D eigenvalue weighted by atomic mass is 9.98. The first kappa shape index (κ1) is 28.8. The Balaban J connectivity index is 5.83. The molecule has 0 aromatic rings. The summed E-state index contributed by atoms with van der Waals surface area (Å²) in [4.78, 5) is 0. The maximum absolute atomic E-state index is 7.13. The van der Waals surface area contributed by atoms with Crippen molar-refractivity contribution in [2.75, 3.05) is 0 Å². The predicted molar refractivity (Wildman–Crippen MR) is 140 cm³/mol. The maximum atomic E-state index is 7.13. The van der Waals surface area contributed by atoms with Crippen molar-refractivity contribution in [3.05, 3.63) is 0 Å². The van der Waals surface area contributed by atoms with Gasteiger partial charge in [0.2, 0.25) is 0 Å². The Morgan fingerprint density at radius 2 is 1.32 bits per heavy atom. The largest absolute Gasteiger partial charge is 0.417 e. The average Bonchev–Trinajstić information content (AvgIpc) is 2.55. The van der Waals surface area contributed by atoms with E-state index in [9.17, 15) is 0 Å². The summed E-state index contributed by atoms with van der Waals surface area (Å²) >= 11 is 0. The molecular formula is C22H54O2Si4. The molecule has 170 valence electrons. The Kier molecular flexibility index (Phi) is 10.2. The molecule has 0 N–H and O–H groups in total. The molecule has 0 rings (SSSR count). The van der Waals surface area contributed by atoms with Crippen LogP contribution in [0.3, 0.4) is 0 Å². The highest BCUT2D eigenvalue weighted by molar-refractivity contribution is 6.90. The van der Waals surface area contributed by atoms with E-state index in [-0.39, 0.29) is 5.04 Å². The molecule has 0 aliphatic heterocycles. The average molecular weight is 463 g/mol. The van der Waals surface area contributed by atoms with Crippen LogP contribution in [0.15, 0.2) is 0 Å². The molecule has 28 heavy (non-hydrogen) atoms. The van der Waals surface area contributed by atoms with Crippen molar-refractivity contribution in [3.8, 4) is 0 Å². The summed E-state index contributed by atoms with van der Waals surface area (Å²) in [6.45, 7) is 36.6. The highest BCUT2D eigenvalue weighted by Gasteiger charge is 2.52. The number of rotatable bonds is 12. The zero-order valence-corrected chi connectivity index (χ0v) is 26.3. The van der Waals surface area contributed by atoms with Gasteiger partial charge in [-0.05, 0) is 44.1 Å². The quantitative estimate of drug-likeness (QED) is 0.275. The van der Waals surface area contributed by atoms with E-state index in [1.165, 1.54) is 6.42 Å². The molecule has 0 radical (unpaired) electrons. The summed E-state index contributed by atoms with van der Waals surface area (Å²) in [5, 5.41) is 0.144. The molecule has 0 aliphatic carbocycles. The van der Waals surface area contributed by atoms with Gasteiger partial charge in [0.15, 0.2) is 17.4 Å². The van der Waals surface area contributed by atoms with E-state index in [2.05, 4.69) is 100 Å². The second kappa shape index (κ2) is 9.94. The van der Waals surface area contributed by atoms with Crippen LogP contribution in [0.2, 0.25) is 68.6 Å². The second-order valence-electron chi connectivity index (χ2n) is 12.1. The standard InChI is InChI=1S/C22H54O2Si4/c1-16-20(23-25(7)22(6,18-3)27(11,12)13)21(5,17-2)28(14,15)24-19(4)26(8,9)10/h19-20,25H,16-18H2,1-15H3. The molecule has 0 fully saturated rings. The summed E-state index contributed by atoms with van der Waals surface area (Å²) in [5.74, 6) is 0. The van der Waals surface area contributed by atoms with E-state index >= 15 is 0 Å². The minimum atomic E-state index is -1.95. The van der Waals surface area contributed by atoms with Crippen LogP contribution in [-0.2, 0) is 8.85 Å². The molecule has 6 heteroatoms. The fraction of sp³-hybridized carbons (Fsp3) is 1.00. The Bertz CT molecular complexity index is 484. The summed E-state index contributed by atoms with van der Waals surface area (Å²) < 4.78 is 14.5. The topological polar surface area (TPSA) is 18.5 Å². The van der Waals surface area contributed by atoms with Gasteiger partial charge in [-0.3, -0.25) is 0 Å². The van der Waals surface area contributed by atoms with Gasteiger partial charge in [-0.25, -0.2) is 0 Å². The first-order valence-corrected chi connectivity index (χ1v) is 23.9. The first-order chi connectivity index (χ1) is 12.3. The lowest BCUT2D eigenvalue weighted by molar-refractivity contribution is 0.115. The van der Waals surface area contributed by atoms with Crippen LogP contribution >= 0.6 is 0 Å². The van der Waals surface area contributed by atoms with Crippen LogP contribution in [0, 0.1) is 0 Å². The van der Waals surface area contributed by atoms with E-state index in [0.29, 0.717) is 16.5 Å². The summed E-state index contributed by atoms with van der Waals surface area (Å²) in [6.07, 6.45) is 3.80. The fourth-order valence-corrected chi connectivity index (χ4v) is 17.8. The third kappa shape index (κ3) is 6.16. The van der Waals surface area contributed by atoms with E-state index in [1.54, 1.807) is 0 Å². The van der Waals surface area contributed by atoms with E-state index in [0.717, 1.165) is 12.8 Å². The molecule has 0 amide bonds. The zero-order chi connectivity index (χ0) is 22.8. The van der Waals surface area contributed by atoms with Crippen molar-refractivity contribution in [1.29, 1.82) is 0 Å². The molecule has 0 saturated heterocycles. The van der Waals surface area contributed by atoms with Crippen molar-refractivity contribution in [2.24, 2.45) is 0 Å². The van der Waals surface area contributed by atoms with E-state index in [1.807, 2.05) is 0 Å². The van der Waals surface area contributed by atoms with Crippen LogP contribution < -0.4 is 0 Å². The van der Waals surface area contributed by atoms with Gasteiger partial charge in [-0.15, -0.1) is 0 Å². The lowest BCUT2D eigenvalue weighted by Gasteiger charge is -2.52. The van der Waals surface area contributed by atoms with Gasteiger partial charge in [0, 0.05) is 24.9 Å². The van der Waals surface area contributed by atoms with Crippen LogP contribution in [0.4, 0.5) is 0 Å². The molecule has 0 saturated carbocycles. The normalized spacial score (nSPS) is 21.5. The van der Waals surface area contributed by atoms with Crippen molar-refractivity contribution in [2.45, 2.75) is 141 Å². The molecule has 5 atom stereocenters. The second-order valence-corrected chi connectivity index (χ2v) is 31.1. The summed E-state index contributed by atoms with van der Waals surface area (Å²) in [7, 11) is -5.91. The highest BCUT2D eigenvalue weighted by Crippen LogP contribution is 2.51. The zero-order valence-electron chi connectivity index (χ0n) is 22.2. The van der Waals surface area contributed by atoms with E-state index in [4.69, 9.17) is 8.85 Å². The van der Waals surface area contributed by atoms with Crippen LogP contribution in [0.25, 0.3) is 0 Å². The van der Waals surface area contributed by atoms with Crippen molar-refractivity contribution in [1.82, 2.24) is 0 Å². The Labute approximate surface area is 183 Å². The predicted octanol–water partition coefficient (Wildman–Crippen LogP) is 7.84.